The van der Waals surface area contributed by atoms with Gasteiger partial charge in [-0.3, -0.25) is 9.79 Å². The number of hydrogen-bond donors (Lipinski definition) is 0. The van der Waals surface area contributed by atoms with Crippen molar-refractivity contribution in [2.75, 3.05) is 0 Å². The molecule has 136 valence electrons. The van der Waals surface area contributed by atoms with E-state index in [0.717, 1.165) is 22.3 Å². The van der Waals surface area contributed by atoms with Gasteiger partial charge in [0.05, 0.1) is 30.3 Å². The van der Waals surface area contributed by atoms with Gasteiger partial charge in [0.1, 0.15) is 5.82 Å². The van der Waals surface area contributed by atoms with Crippen LogP contribution >= 0.6 is 0 Å². The maximum Gasteiger partial charge on any atom is 0.269 e. The van der Waals surface area contributed by atoms with Gasteiger partial charge in [-0.15, -0.1) is 0 Å². The molecule has 0 atom stereocenters. The topological polar surface area (TPSA) is 47.2 Å². The highest BCUT2D eigenvalue weighted by Gasteiger charge is 2.14. The van der Waals surface area contributed by atoms with E-state index in [0.29, 0.717) is 23.1 Å². The molecule has 0 radical (unpaired) electrons. The van der Waals surface area contributed by atoms with Gasteiger partial charge in [0.15, 0.2) is 0 Å². The Hall–Kier alpha value is -3.60. The Bertz CT molecular complexity index is 1310. The van der Waals surface area contributed by atoms with E-state index < -0.39 is 0 Å². The largest absolute Gasteiger partial charge is 0.301 e. The summed E-state index contributed by atoms with van der Waals surface area (Å²) in [6.45, 7) is 0.824. The molecule has 0 bridgehead atoms. The third-order valence-electron chi connectivity index (χ3n) is 5.12. The standard InChI is InChI=1S/C23H16FN3O/c24-20-10-15(18-5-3-4-16-11-25-12-19(16)18)8-9-17(20)14-27-22-7-2-1-6-21(22)26-13-23(27)28/h1-10,12-13H,11,14H2. The lowest BCUT2D eigenvalue weighted by Gasteiger charge is -2.12. The molecule has 4 aromatic rings. The first-order valence-corrected chi connectivity index (χ1v) is 9.06. The van der Waals surface area contributed by atoms with Gasteiger partial charge in [-0.05, 0) is 34.9 Å². The molecule has 0 unspecified atom stereocenters. The van der Waals surface area contributed by atoms with E-state index in [2.05, 4.69) is 9.98 Å². The predicted octanol–water partition coefficient (Wildman–Crippen LogP) is 4.18. The molecule has 2 heterocycles. The van der Waals surface area contributed by atoms with Crippen molar-refractivity contribution in [2.45, 2.75) is 13.1 Å². The maximum atomic E-state index is 14.9. The number of fused-ring (bicyclic) bond motifs is 2. The Morgan fingerprint density at radius 1 is 1.04 bits per heavy atom. The summed E-state index contributed by atoms with van der Waals surface area (Å²) in [5, 5.41) is 0. The Kier molecular flexibility index (Phi) is 3.86. The van der Waals surface area contributed by atoms with Gasteiger partial charge in [0.2, 0.25) is 0 Å². The van der Waals surface area contributed by atoms with Gasteiger partial charge >= 0.3 is 0 Å². The zero-order chi connectivity index (χ0) is 19.1. The van der Waals surface area contributed by atoms with E-state index in [4.69, 9.17) is 0 Å². The summed E-state index contributed by atoms with van der Waals surface area (Å²) in [5.74, 6) is -0.335. The quantitative estimate of drug-likeness (QED) is 0.544. The van der Waals surface area contributed by atoms with Crippen LogP contribution in [-0.2, 0) is 13.1 Å². The van der Waals surface area contributed by atoms with Crippen LogP contribution in [0.4, 0.5) is 4.39 Å². The number of nitrogens with zero attached hydrogens (tertiary/aromatic N) is 3. The van der Waals surface area contributed by atoms with Crippen molar-refractivity contribution >= 4 is 17.2 Å². The third kappa shape index (κ3) is 2.72. The smallest absolute Gasteiger partial charge is 0.269 e. The highest BCUT2D eigenvalue weighted by Crippen LogP contribution is 2.29. The highest BCUT2D eigenvalue weighted by atomic mass is 19.1. The van der Waals surface area contributed by atoms with Gasteiger partial charge in [0.25, 0.3) is 5.56 Å². The van der Waals surface area contributed by atoms with Crippen LogP contribution in [0.25, 0.3) is 22.2 Å². The summed E-state index contributed by atoms with van der Waals surface area (Å²) in [6, 6.07) is 18.5. The van der Waals surface area contributed by atoms with Crippen LogP contribution in [0.2, 0.25) is 0 Å². The van der Waals surface area contributed by atoms with E-state index in [9.17, 15) is 9.18 Å². The molecule has 0 aliphatic carbocycles. The fourth-order valence-corrected chi connectivity index (χ4v) is 3.68. The molecular weight excluding hydrogens is 353 g/mol. The molecule has 0 fully saturated rings. The number of halogens is 1. The molecule has 0 N–H and O–H groups in total. The third-order valence-corrected chi connectivity index (χ3v) is 5.12. The first kappa shape index (κ1) is 16.6. The number of aliphatic imine (C=N–C) groups is 1. The van der Waals surface area contributed by atoms with Crippen molar-refractivity contribution in [1.29, 1.82) is 0 Å². The zero-order valence-electron chi connectivity index (χ0n) is 15.0. The van der Waals surface area contributed by atoms with E-state index in [-0.39, 0.29) is 17.9 Å². The molecule has 1 aliphatic heterocycles. The number of benzene rings is 3. The van der Waals surface area contributed by atoms with E-state index in [1.807, 2.05) is 54.7 Å². The summed E-state index contributed by atoms with van der Waals surface area (Å²) in [4.78, 5) is 20.8. The van der Waals surface area contributed by atoms with Crippen molar-refractivity contribution in [1.82, 2.24) is 9.55 Å². The summed E-state index contributed by atoms with van der Waals surface area (Å²) >= 11 is 0. The molecule has 4 nitrogen and oxygen atoms in total. The summed E-state index contributed by atoms with van der Waals surface area (Å²) < 4.78 is 16.5. The Labute approximate surface area is 160 Å². The lowest BCUT2D eigenvalue weighted by atomic mass is 9.96. The molecular formula is C23H16FN3O. The second kappa shape index (κ2) is 6.53. The molecule has 1 aliphatic rings. The number of para-hydroxylation sites is 2. The molecule has 5 rings (SSSR count). The van der Waals surface area contributed by atoms with Crippen molar-refractivity contribution in [3.05, 3.63) is 99.7 Å². The van der Waals surface area contributed by atoms with Crippen LogP contribution in [0.1, 0.15) is 16.7 Å². The Balaban J connectivity index is 1.56. The van der Waals surface area contributed by atoms with Gasteiger partial charge in [-0.1, -0.05) is 42.5 Å². The molecule has 1 aromatic heterocycles. The minimum Gasteiger partial charge on any atom is -0.301 e. The second-order valence-corrected chi connectivity index (χ2v) is 6.83. The van der Waals surface area contributed by atoms with Crippen LogP contribution in [0.3, 0.4) is 0 Å². The minimum absolute atomic E-state index is 0.155. The average molecular weight is 369 g/mol. The first-order chi connectivity index (χ1) is 13.7. The van der Waals surface area contributed by atoms with Crippen LogP contribution in [0.15, 0.2) is 76.6 Å². The maximum absolute atomic E-state index is 14.9. The minimum atomic E-state index is -0.335. The lowest BCUT2D eigenvalue weighted by Crippen LogP contribution is -2.21. The average Bonchev–Trinajstić information content (AvgIpc) is 3.20. The molecule has 5 heteroatoms. The SMILES string of the molecule is O=c1cnc2ccccc2n1Cc1ccc(-c2cccc3c2C=NC3)cc1F. The van der Waals surface area contributed by atoms with Crippen molar-refractivity contribution < 1.29 is 4.39 Å². The Morgan fingerprint density at radius 3 is 2.82 bits per heavy atom. The van der Waals surface area contributed by atoms with Gasteiger partial charge in [-0.25, -0.2) is 9.37 Å². The molecule has 0 amide bonds. The second-order valence-electron chi connectivity index (χ2n) is 6.83. The number of rotatable bonds is 3. The summed E-state index contributed by atoms with van der Waals surface area (Å²) in [7, 11) is 0. The van der Waals surface area contributed by atoms with Gasteiger partial charge < -0.3 is 4.57 Å². The lowest BCUT2D eigenvalue weighted by molar-refractivity contribution is 0.599. The van der Waals surface area contributed by atoms with Gasteiger partial charge in [-0.2, -0.15) is 0 Å². The monoisotopic (exact) mass is 369 g/mol. The first-order valence-electron chi connectivity index (χ1n) is 9.06. The van der Waals surface area contributed by atoms with Crippen LogP contribution in [0.5, 0.6) is 0 Å². The fourth-order valence-electron chi connectivity index (χ4n) is 3.68. The van der Waals surface area contributed by atoms with E-state index in [1.165, 1.54) is 12.3 Å². The molecule has 0 saturated carbocycles. The van der Waals surface area contributed by atoms with Crippen molar-refractivity contribution in [3.8, 4) is 11.1 Å². The summed E-state index contributed by atoms with van der Waals surface area (Å²) in [6.07, 6.45) is 3.13. The Morgan fingerprint density at radius 2 is 1.93 bits per heavy atom. The molecule has 0 spiro atoms. The summed E-state index contributed by atoms with van der Waals surface area (Å²) in [5.41, 5.74) is 5.58. The van der Waals surface area contributed by atoms with E-state index >= 15 is 0 Å². The van der Waals surface area contributed by atoms with Crippen molar-refractivity contribution in [3.63, 3.8) is 0 Å². The fraction of sp³-hybridized carbons (Fsp3) is 0.0870. The highest BCUT2D eigenvalue weighted by molar-refractivity contribution is 5.94. The van der Waals surface area contributed by atoms with Gasteiger partial charge in [0, 0.05) is 17.3 Å². The predicted molar refractivity (Wildman–Crippen MR) is 108 cm³/mol. The number of hydrogen-bond acceptors (Lipinski definition) is 3. The molecule has 0 saturated heterocycles. The normalized spacial score (nSPS) is 12.5. The van der Waals surface area contributed by atoms with Crippen molar-refractivity contribution in [2.24, 2.45) is 4.99 Å². The van der Waals surface area contributed by atoms with E-state index in [1.54, 1.807) is 10.6 Å². The van der Waals surface area contributed by atoms with Crippen LogP contribution in [-0.4, -0.2) is 15.8 Å². The van der Waals surface area contributed by atoms with Crippen LogP contribution in [0, 0.1) is 5.82 Å². The van der Waals surface area contributed by atoms with Crippen LogP contribution < -0.4 is 5.56 Å². The number of aromatic nitrogens is 2. The molecule has 3 aromatic carbocycles. The zero-order valence-corrected chi connectivity index (χ0v) is 15.0. The molecule has 28 heavy (non-hydrogen) atoms.